The number of hydrogen-bond donors (Lipinski definition) is 0. The molecule has 2 aromatic rings. The standard InChI is InChI=1S/C27H25BrO4/c1-16-8-10-17(11-9-16)15-31-22-13-12-18(14-19(22)28)25-26-20(29)4-2-6-23(26)32-24-7-3-5-21(30)27(24)25/h8-14,25H,2-7,15H2,1H3. The lowest BCUT2D eigenvalue weighted by atomic mass is 9.73. The van der Waals surface area contributed by atoms with Crippen LogP contribution in [0.3, 0.4) is 0 Å². The van der Waals surface area contributed by atoms with Crippen LogP contribution in [0, 0.1) is 6.92 Å². The second-order valence-electron chi connectivity index (χ2n) is 8.73. The van der Waals surface area contributed by atoms with E-state index < -0.39 is 0 Å². The van der Waals surface area contributed by atoms with E-state index in [1.54, 1.807) is 0 Å². The van der Waals surface area contributed by atoms with Gasteiger partial charge in [-0.05, 0) is 59.0 Å². The van der Waals surface area contributed by atoms with Gasteiger partial charge in [-0.3, -0.25) is 9.59 Å². The molecule has 0 bridgehead atoms. The molecule has 3 aliphatic rings. The summed E-state index contributed by atoms with van der Waals surface area (Å²) in [4.78, 5) is 25.8. The lowest BCUT2D eigenvalue weighted by Crippen LogP contribution is -2.30. The summed E-state index contributed by atoms with van der Waals surface area (Å²) in [6, 6.07) is 14.1. The third-order valence-electron chi connectivity index (χ3n) is 6.44. The van der Waals surface area contributed by atoms with E-state index >= 15 is 0 Å². The second-order valence-corrected chi connectivity index (χ2v) is 9.58. The first kappa shape index (κ1) is 21.2. The molecule has 0 atom stereocenters. The highest BCUT2D eigenvalue weighted by molar-refractivity contribution is 9.10. The van der Waals surface area contributed by atoms with Crippen LogP contribution in [-0.2, 0) is 20.9 Å². The van der Waals surface area contributed by atoms with E-state index in [0.717, 1.165) is 58.6 Å². The molecule has 0 unspecified atom stereocenters. The number of ether oxygens (including phenoxy) is 2. The van der Waals surface area contributed by atoms with Crippen LogP contribution >= 0.6 is 15.9 Å². The number of benzene rings is 2. The monoisotopic (exact) mass is 492 g/mol. The van der Waals surface area contributed by atoms with Crippen molar-refractivity contribution in [1.82, 2.24) is 0 Å². The number of halogens is 1. The number of Topliss-reactive ketones (excluding diaryl/α,β-unsaturated/α-hetero) is 2. The summed E-state index contributed by atoms with van der Waals surface area (Å²) >= 11 is 3.65. The third kappa shape index (κ3) is 3.95. The first-order valence-electron chi connectivity index (χ1n) is 11.2. The highest BCUT2D eigenvalue weighted by Gasteiger charge is 2.41. The number of carbonyl (C=O) groups is 2. The molecule has 0 aromatic heterocycles. The van der Waals surface area contributed by atoms with Gasteiger partial charge in [0, 0.05) is 42.7 Å². The second kappa shape index (κ2) is 8.70. The molecule has 2 aromatic carbocycles. The van der Waals surface area contributed by atoms with Crippen molar-refractivity contribution in [3.8, 4) is 5.75 Å². The largest absolute Gasteiger partial charge is 0.488 e. The molecular formula is C27H25BrO4. The van der Waals surface area contributed by atoms with E-state index in [9.17, 15) is 9.59 Å². The first-order chi connectivity index (χ1) is 15.5. The van der Waals surface area contributed by atoms with Gasteiger partial charge in [0.2, 0.25) is 0 Å². The molecule has 5 rings (SSSR count). The van der Waals surface area contributed by atoms with Gasteiger partial charge < -0.3 is 9.47 Å². The van der Waals surface area contributed by atoms with Crippen LogP contribution in [0.25, 0.3) is 0 Å². The lowest BCUT2D eigenvalue weighted by molar-refractivity contribution is -0.117. The number of ketones is 2. The van der Waals surface area contributed by atoms with Gasteiger partial charge >= 0.3 is 0 Å². The fourth-order valence-electron chi connectivity index (χ4n) is 4.81. The summed E-state index contributed by atoms with van der Waals surface area (Å²) in [6.45, 7) is 2.53. The molecule has 0 amide bonds. The van der Waals surface area contributed by atoms with Gasteiger partial charge in [-0.1, -0.05) is 35.9 Å². The normalized spacial score (nSPS) is 18.9. The molecule has 0 saturated heterocycles. The number of rotatable bonds is 4. The Balaban J connectivity index is 1.48. The molecule has 0 saturated carbocycles. The van der Waals surface area contributed by atoms with E-state index in [-0.39, 0.29) is 17.5 Å². The maximum atomic E-state index is 12.9. The molecular weight excluding hydrogens is 468 g/mol. The van der Waals surface area contributed by atoms with Gasteiger partial charge in [0.25, 0.3) is 0 Å². The van der Waals surface area contributed by atoms with Gasteiger partial charge in [0.1, 0.15) is 23.9 Å². The quantitative estimate of drug-likeness (QED) is 0.490. The minimum Gasteiger partial charge on any atom is -0.488 e. The predicted molar refractivity (Wildman–Crippen MR) is 125 cm³/mol. The van der Waals surface area contributed by atoms with Crippen molar-refractivity contribution in [2.24, 2.45) is 0 Å². The zero-order valence-corrected chi connectivity index (χ0v) is 19.7. The zero-order chi connectivity index (χ0) is 22.2. The van der Waals surface area contributed by atoms with Crippen molar-refractivity contribution in [1.29, 1.82) is 0 Å². The van der Waals surface area contributed by atoms with E-state index in [4.69, 9.17) is 9.47 Å². The highest BCUT2D eigenvalue weighted by Crippen LogP contribution is 2.48. The maximum Gasteiger partial charge on any atom is 0.163 e. The van der Waals surface area contributed by atoms with Gasteiger partial charge in [0.05, 0.1) is 4.47 Å². The summed E-state index contributed by atoms with van der Waals surface area (Å²) in [6.07, 6.45) is 4.12. The van der Waals surface area contributed by atoms with Crippen molar-refractivity contribution in [3.63, 3.8) is 0 Å². The minimum atomic E-state index is -0.350. The van der Waals surface area contributed by atoms with E-state index in [2.05, 4.69) is 47.1 Å². The Kier molecular flexibility index (Phi) is 5.76. The number of hydrogen-bond acceptors (Lipinski definition) is 4. The smallest absolute Gasteiger partial charge is 0.163 e. The van der Waals surface area contributed by atoms with Crippen molar-refractivity contribution in [2.75, 3.05) is 0 Å². The van der Waals surface area contributed by atoms with Crippen LogP contribution in [0.2, 0.25) is 0 Å². The van der Waals surface area contributed by atoms with Crippen molar-refractivity contribution < 1.29 is 19.1 Å². The summed E-state index contributed by atoms with van der Waals surface area (Å²) in [5.74, 6) is 2.09. The molecule has 32 heavy (non-hydrogen) atoms. The van der Waals surface area contributed by atoms with Crippen LogP contribution in [0.5, 0.6) is 5.75 Å². The highest BCUT2D eigenvalue weighted by atomic mass is 79.9. The van der Waals surface area contributed by atoms with Crippen LogP contribution in [-0.4, -0.2) is 11.6 Å². The fourth-order valence-corrected chi connectivity index (χ4v) is 5.32. The van der Waals surface area contributed by atoms with Crippen LogP contribution in [0.4, 0.5) is 0 Å². The molecule has 2 aliphatic carbocycles. The number of aryl methyl sites for hydroxylation is 1. The minimum absolute atomic E-state index is 0.0944. The van der Waals surface area contributed by atoms with E-state index in [1.165, 1.54) is 5.56 Å². The summed E-state index contributed by atoms with van der Waals surface area (Å²) < 4.78 is 13.0. The Morgan fingerprint density at radius 3 is 2.12 bits per heavy atom. The zero-order valence-electron chi connectivity index (χ0n) is 18.1. The average Bonchev–Trinajstić information content (AvgIpc) is 2.78. The van der Waals surface area contributed by atoms with Gasteiger partial charge in [-0.15, -0.1) is 0 Å². The Bertz CT molecular complexity index is 1110. The Hall–Kier alpha value is -2.66. The maximum absolute atomic E-state index is 12.9. The third-order valence-corrected chi connectivity index (χ3v) is 7.06. The summed E-state index contributed by atoms with van der Waals surface area (Å²) in [5.41, 5.74) is 4.58. The Morgan fingerprint density at radius 1 is 0.906 bits per heavy atom. The molecule has 1 heterocycles. The van der Waals surface area contributed by atoms with E-state index in [1.807, 2.05) is 18.2 Å². The van der Waals surface area contributed by atoms with Crippen molar-refractivity contribution in [3.05, 3.63) is 86.3 Å². The molecule has 0 spiro atoms. The van der Waals surface area contributed by atoms with Crippen LogP contribution in [0.1, 0.15) is 61.1 Å². The fraction of sp³-hybridized carbons (Fsp3) is 0.333. The molecule has 0 radical (unpaired) electrons. The predicted octanol–water partition coefficient (Wildman–Crippen LogP) is 6.46. The lowest BCUT2D eigenvalue weighted by Gasteiger charge is -2.36. The Labute approximate surface area is 196 Å². The van der Waals surface area contributed by atoms with Crippen LogP contribution < -0.4 is 4.74 Å². The van der Waals surface area contributed by atoms with Crippen LogP contribution in [0.15, 0.2) is 69.6 Å². The topological polar surface area (TPSA) is 52.6 Å². The van der Waals surface area contributed by atoms with Crippen molar-refractivity contribution >= 4 is 27.5 Å². The molecule has 4 nitrogen and oxygen atoms in total. The molecule has 1 aliphatic heterocycles. The Morgan fingerprint density at radius 2 is 1.53 bits per heavy atom. The molecule has 5 heteroatoms. The molecule has 0 N–H and O–H groups in total. The summed E-state index contributed by atoms with van der Waals surface area (Å²) in [7, 11) is 0. The van der Waals surface area contributed by atoms with Crippen molar-refractivity contribution in [2.45, 2.75) is 58.0 Å². The molecule has 0 fully saturated rings. The average molecular weight is 493 g/mol. The first-order valence-corrected chi connectivity index (χ1v) is 12.0. The number of carbonyl (C=O) groups excluding carboxylic acids is 2. The number of allylic oxidation sites excluding steroid dienone is 4. The molecule has 164 valence electrons. The van der Waals surface area contributed by atoms with E-state index in [0.29, 0.717) is 30.6 Å². The van der Waals surface area contributed by atoms with Gasteiger partial charge in [-0.25, -0.2) is 0 Å². The summed E-state index contributed by atoms with van der Waals surface area (Å²) in [5, 5.41) is 0. The SMILES string of the molecule is Cc1ccc(COc2ccc(C3C4=C(CCCC4=O)OC4=C3C(=O)CCC4)cc2Br)cc1. The van der Waals surface area contributed by atoms with Gasteiger partial charge in [0.15, 0.2) is 11.6 Å². The van der Waals surface area contributed by atoms with Gasteiger partial charge in [-0.2, -0.15) is 0 Å².